The molecule has 0 atom stereocenters. The maximum Gasteiger partial charge on any atom is 0.247 e. The Labute approximate surface area is 116 Å². The van der Waals surface area contributed by atoms with Gasteiger partial charge in [-0.15, -0.1) is 0 Å². The van der Waals surface area contributed by atoms with E-state index >= 15 is 0 Å². The van der Waals surface area contributed by atoms with Crippen molar-refractivity contribution in [2.45, 2.75) is 6.42 Å². The quantitative estimate of drug-likeness (QED) is 0.852. The molecule has 0 aliphatic heterocycles. The summed E-state index contributed by atoms with van der Waals surface area (Å²) in [5.41, 5.74) is 7.22. The first-order valence-corrected chi connectivity index (χ1v) is 6.10. The number of ether oxygens (including phenoxy) is 2. The highest BCUT2D eigenvalue weighted by molar-refractivity contribution is 6.28. The molecule has 1 aromatic heterocycles. The fourth-order valence-corrected chi connectivity index (χ4v) is 1.62. The first-order valence-electron chi connectivity index (χ1n) is 5.73. The third kappa shape index (κ3) is 3.81. The van der Waals surface area contributed by atoms with Crippen LogP contribution in [0, 0.1) is 0 Å². The molecule has 0 saturated carbocycles. The molecule has 0 fully saturated rings. The van der Waals surface area contributed by atoms with Crippen LogP contribution >= 0.6 is 11.6 Å². The van der Waals surface area contributed by atoms with E-state index in [4.69, 9.17) is 26.8 Å². The predicted molar refractivity (Wildman–Crippen MR) is 73.6 cm³/mol. The third-order valence-corrected chi connectivity index (χ3v) is 2.67. The van der Waals surface area contributed by atoms with Gasteiger partial charge >= 0.3 is 0 Å². The smallest absolute Gasteiger partial charge is 0.247 e. The second-order valence-corrected chi connectivity index (χ2v) is 4.23. The van der Waals surface area contributed by atoms with Crippen molar-refractivity contribution in [1.82, 2.24) is 9.97 Å². The lowest BCUT2D eigenvalue weighted by Gasteiger charge is -2.07. The summed E-state index contributed by atoms with van der Waals surface area (Å²) in [6.45, 7) is 0.689. The van der Waals surface area contributed by atoms with Crippen molar-refractivity contribution in [3.05, 3.63) is 41.3 Å². The minimum atomic E-state index is 0.0981. The molecule has 6 heteroatoms. The molecule has 1 heterocycles. The number of nitrogens with two attached hydrogens (primary N) is 1. The number of aromatic nitrogens is 2. The third-order valence-electron chi connectivity index (χ3n) is 2.48. The molecule has 0 spiro atoms. The van der Waals surface area contributed by atoms with Crippen LogP contribution in [-0.2, 0) is 11.2 Å². The standard InChI is InChI=1S/C13H14ClN3O2/c1-18-7-6-9-2-4-10(5-3-9)19-12-11(15)8-16-13(14)17-12/h2-5,8H,6-7,15H2,1H3. The Morgan fingerprint density at radius 1 is 1.26 bits per heavy atom. The number of benzene rings is 1. The van der Waals surface area contributed by atoms with Gasteiger partial charge in [0.15, 0.2) is 0 Å². The predicted octanol–water partition coefficient (Wildman–Crippen LogP) is 2.69. The molecule has 0 saturated heterocycles. The van der Waals surface area contributed by atoms with Gasteiger partial charge in [0, 0.05) is 7.11 Å². The fraction of sp³-hybridized carbons (Fsp3) is 0.231. The summed E-state index contributed by atoms with van der Waals surface area (Å²) < 4.78 is 10.6. The molecule has 0 unspecified atom stereocenters. The van der Waals surface area contributed by atoms with Gasteiger partial charge in [-0.3, -0.25) is 0 Å². The van der Waals surface area contributed by atoms with Gasteiger partial charge in [-0.25, -0.2) is 4.98 Å². The van der Waals surface area contributed by atoms with Crippen LogP contribution in [0.5, 0.6) is 11.6 Å². The first kappa shape index (κ1) is 13.6. The lowest BCUT2D eigenvalue weighted by Crippen LogP contribution is -1.97. The van der Waals surface area contributed by atoms with Gasteiger partial charge in [0.1, 0.15) is 11.4 Å². The molecular formula is C13H14ClN3O2. The van der Waals surface area contributed by atoms with Crippen LogP contribution in [0.4, 0.5) is 5.69 Å². The van der Waals surface area contributed by atoms with Gasteiger partial charge in [0.25, 0.3) is 0 Å². The zero-order chi connectivity index (χ0) is 13.7. The van der Waals surface area contributed by atoms with E-state index in [0.29, 0.717) is 18.0 Å². The summed E-state index contributed by atoms with van der Waals surface area (Å²) in [7, 11) is 1.68. The van der Waals surface area contributed by atoms with Crippen molar-refractivity contribution in [2.75, 3.05) is 19.5 Å². The van der Waals surface area contributed by atoms with Crippen LogP contribution in [0.1, 0.15) is 5.56 Å². The molecule has 2 N–H and O–H groups in total. The van der Waals surface area contributed by atoms with Crippen molar-refractivity contribution in [3.63, 3.8) is 0 Å². The average Bonchev–Trinajstić information content (AvgIpc) is 2.42. The summed E-state index contributed by atoms with van der Waals surface area (Å²) in [5.74, 6) is 0.896. The van der Waals surface area contributed by atoms with E-state index in [1.807, 2.05) is 24.3 Å². The second-order valence-electron chi connectivity index (χ2n) is 3.89. The average molecular weight is 280 g/mol. The maximum absolute atomic E-state index is 5.71. The van der Waals surface area contributed by atoms with Gasteiger partial charge in [0.2, 0.25) is 11.2 Å². The molecule has 5 nitrogen and oxygen atoms in total. The molecule has 0 aliphatic carbocycles. The van der Waals surface area contributed by atoms with Gasteiger partial charge in [0.05, 0.1) is 12.8 Å². The van der Waals surface area contributed by atoms with Crippen LogP contribution in [0.3, 0.4) is 0 Å². The van der Waals surface area contributed by atoms with E-state index in [1.54, 1.807) is 7.11 Å². The van der Waals surface area contributed by atoms with Gasteiger partial charge in [-0.2, -0.15) is 4.98 Å². The number of halogens is 1. The molecule has 0 amide bonds. The van der Waals surface area contributed by atoms with Crippen molar-refractivity contribution >= 4 is 17.3 Å². The zero-order valence-electron chi connectivity index (χ0n) is 10.5. The highest BCUT2D eigenvalue weighted by atomic mass is 35.5. The Kier molecular flexibility index (Phi) is 4.54. The Bertz CT molecular complexity index is 546. The number of hydrogen-bond donors (Lipinski definition) is 1. The topological polar surface area (TPSA) is 70.3 Å². The molecule has 1 aromatic carbocycles. The van der Waals surface area contributed by atoms with Gasteiger partial charge in [-0.1, -0.05) is 12.1 Å². The van der Waals surface area contributed by atoms with E-state index in [0.717, 1.165) is 6.42 Å². The number of methoxy groups -OCH3 is 1. The highest BCUT2D eigenvalue weighted by Gasteiger charge is 2.06. The molecule has 0 radical (unpaired) electrons. The molecule has 2 rings (SSSR count). The number of hydrogen-bond acceptors (Lipinski definition) is 5. The molecule has 0 aliphatic rings. The summed E-state index contributed by atoms with van der Waals surface area (Å²) in [5, 5.41) is 0.0981. The van der Waals surface area contributed by atoms with Crippen LogP contribution in [0.25, 0.3) is 0 Å². The van der Waals surface area contributed by atoms with E-state index in [-0.39, 0.29) is 11.2 Å². The van der Waals surface area contributed by atoms with Crippen LogP contribution in [0.2, 0.25) is 5.28 Å². The molecule has 0 bridgehead atoms. The number of nitrogen functional groups attached to an aromatic ring is 1. The maximum atomic E-state index is 5.71. The summed E-state index contributed by atoms with van der Waals surface area (Å²) in [6, 6.07) is 7.63. The van der Waals surface area contributed by atoms with E-state index in [2.05, 4.69) is 9.97 Å². The number of nitrogens with zero attached hydrogens (tertiary/aromatic N) is 2. The summed E-state index contributed by atoms with van der Waals surface area (Å²) >= 11 is 5.69. The first-order chi connectivity index (χ1) is 9.19. The fourth-order valence-electron chi connectivity index (χ4n) is 1.49. The van der Waals surface area contributed by atoms with Gasteiger partial charge in [-0.05, 0) is 35.7 Å². The van der Waals surface area contributed by atoms with Crippen LogP contribution in [0.15, 0.2) is 30.5 Å². The van der Waals surface area contributed by atoms with Crippen molar-refractivity contribution in [1.29, 1.82) is 0 Å². The Hall–Kier alpha value is -1.85. The van der Waals surface area contributed by atoms with Crippen LogP contribution < -0.4 is 10.5 Å². The Morgan fingerprint density at radius 3 is 2.68 bits per heavy atom. The second kappa shape index (κ2) is 6.36. The summed E-state index contributed by atoms with van der Waals surface area (Å²) in [4.78, 5) is 7.69. The number of anilines is 1. The lowest BCUT2D eigenvalue weighted by molar-refractivity contribution is 0.202. The van der Waals surface area contributed by atoms with E-state index < -0.39 is 0 Å². The van der Waals surface area contributed by atoms with Crippen molar-refractivity contribution < 1.29 is 9.47 Å². The SMILES string of the molecule is COCCc1ccc(Oc2nc(Cl)ncc2N)cc1. The largest absolute Gasteiger partial charge is 0.437 e. The van der Waals surface area contributed by atoms with E-state index in [1.165, 1.54) is 11.8 Å². The molecule has 2 aromatic rings. The monoisotopic (exact) mass is 279 g/mol. The van der Waals surface area contributed by atoms with Crippen LogP contribution in [-0.4, -0.2) is 23.7 Å². The minimum Gasteiger partial charge on any atom is -0.437 e. The van der Waals surface area contributed by atoms with E-state index in [9.17, 15) is 0 Å². The molecule has 100 valence electrons. The number of rotatable bonds is 5. The molecule has 19 heavy (non-hydrogen) atoms. The van der Waals surface area contributed by atoms with Gasteiger partial charge < -0.3 is 15.2 Å². The Balaban J connectivity index is 2.08. The lowest BCUT2D eigenvalue weighted by atomic mass is 10.1. The Morgan fingerprint density at radius 2 is 2.00 bits per heavy atom. The van der Waals surface area contributed by atoms with Crippen molar-refractivity contribution in [2.24, 2.45) is 0 Å². The normalized spacial score (nSPS) is 10.4. The minimum absolute atomic E-state index is 0.0981. The molecular weight excluding hydrogens is 266 g/mol. The highest BCUT2D eigenvalue weighted by Crippen LogP contribution is 2.25. The van der Waals surface area contributed by atoms with Crippen molar-refractivity contribution in [3.8, 4) is 11.6 Å². The zero-order valence-corrected chi connectivity index (χ0v) is 11.2. The summed E-state index contributed by atoms with van der Waals surface area (Å²) in [6.07, 6.45) is 2.27.